The molecule has 0 aliphatic heterocycles. The summed E-state index contributed by atoms with van der Waals surface area (Å²) in [7, 11) is 3.36. The fraction of sp³-hybridized carbons (Fsp3) is 0.333. The van der Waals surface area contributed by atoms with Gasteiger partial charge in [-0.2, -0.15) is 0 Å². The van der Waals surface area contributed by atoms with E-state index >= 15 is 4.39 Å². The maximum Gasteiger partial charge on any atom is 0.356 e. The number of carboxylic acid groups (broad SMARTS) is 1. The predicted octanol–water partition coefficient (Wildman–Crippen LogP) is 3.41. The van der Waals surface area contributed by atoms with Gasteiger partial charge in [-0.1, -0.05) is 29.3 Å². The normalized spacial score (nSPS) is 24.0. The Hall–Kier alpha value is -1.79. The van der Waals surface area contributed by atoms with Gasteiger partial charge in [-0.25, -0.2) is 14.2 Å². The second kappa shape index (κ2) is 6.02. The van der Waals surface area contributed by atoms with Gasteiger partial charge in [0.2, 0.25) is 0 Å². The molecule has 1 aromatic rings. The van der Waals surface area contributed by atoms with Crippen LogP contribution < -0.4 is 5.73 Å². The van der Waals surface area contributed by atoms with Crippen LogP contribution in [0.1, 0.15) is 29.0 Å². The zero-order chi connectivity index (χ0) is 17.5. The van der Waals surface area contributed by atoms with Crippen LogP contribution in [-0.4, -0.2) is 40.7 Å². The van der Waals surface area contributed by atoms with E-state index in [1.807, 2.05) is 0 Å². The largest absolute Gasteiger partial charge is 0.476 e. The molecule has 0 bridgehead atoms. The number of nitrogens with zero attached hydrogens (tertiary/aromatic N) is 2. The first kappa shape index (κ1) is 17.6. The van der Waals surface area contributed by atoms with Crippen LogP contribution in [0.5, 0.6) is 0 Å². The van der Waals surface area contributed by atoms with Crippen LogP contribution in [-0.2, 0) is 0 Å². The van der Waals surface area contributed by atoms with Crippen molar-refractivity contribution in [3.05, 3.63) is 45.4 Å². The lowest BCUT2D eigenvalue weighted by atomic mass is 9.81. The molecule has 1 aromatic heterocycles. The van der Waals surface area contributed by atoms with E-state index in [1.165, 1.54) is 19.1 Å². The second-order valence-electron chi connectivity index (χ2n) is 5.61. The van der Waals surface area contributed by atoms with E-state index < -0.39 is 23.2 Å². The van der Waals surface area contributed by atoms with Gasteiger partial charge < -0.3 is 15.7 Å². The van der Waals surface area contributed by atoms with Crippen molar-refractivity contribution in [1.82, 2.24) is 9.88 Å². The molecule has 2 rings (SSSR count). The Morgan fingerprint density at radius 3 is 2.61 bits per heavy atom. The Labute approximate surface area is 143 Å². The number of aromatic nitrogens is 1. The number of pyridine rings is 1. The molecule has 124 valence electrons. The molecule has 0 saturated heterocycles. The Kier molecular flexibility index (Phi) is 4.59. The van der Waals surface area contributed by atoms with Crippen molar-refractivity contribution in [3.8, 4) is 0 Å². The highest BCUT2D eigenvalue weighted by atomic mass is 35.5. The molecule has 3 N–H and O–H groups in total. The number of allylic oxidation sites excluding steroid dienone is 4. The summed E-state index contributed by atoms with van der Waals surface area (Å²) in [5.41, 5.74) is 3.94. The van der Waals surface area contributed by atoms with E-state index in [0.29, 0.717) is 0 Å². The summed E-state index contributed by atoms with van der Waals surface area (Å²) in [4.78, 5) is 16.8. The number of anilines is 1. The quantitative estimate of drug-likeness (QED) is 0.864. The topological polar surface area (TPSA) is 79.5 Å². The molecule has 0 radical (unpaired) electrons. The summed E-state index contributed by atoms with van der Waals surface area (Å²) in [6.45, 7) is 1.37. The van der Waals surface area contributed by atoms with Gasteiger partial charge in [-0.3, -0.25) is 0 Å². The van der Waals surface area contributed by atoms with Gasteiger partial charge in [0.15, 0.2) is 11.4 Å². The molecule has 2 atom stereocenters. The molecule has 2 unspecified atom stereocenters. The van der Waals surface area contributed by atoms with Crippen molar-refractivity contribution in [2.75, 3.05) is 19.8 Å². The zero-order valence-electron chi connectivity index (χ0n) is 12.8. The molecular weight excluding hydrogens is 344 g/mol. The Bertz CT molecular complexity index is 730. The summed E-state index contributed by atoms with van der Waals surface area (Å²) in [5.74, 6) is -2.18. The highest BCUT2D eigenvalue weighted by molar-refractivity contribution is 6.35. The monoisotopic (exact) mass is 359 g/mol. The Morgan fingerprint density at radius 1 is 1.48 bits per heavy atom. The zero-order valence-corrected chi connectivity index (χ0v) is 14.3. The number of hydrogen-bond donors (Lipinski definition) is 2. The first-order chi connectivity index (χ1) is 10.6. The minimum atomic E-state index is -1.89. The third-order valence-electron chi connectivity index (χ3n) is 3.68. The lowest BCUT2D eigenvalue weighted by Gasteiger charge is -2.37. The number of carboxylic acids is 1. The van der Waals surface area contributed by atoms with Gasteiger partial charge >= 0.3 is 5.97 Å². The van der Waals surface area contributed by atoms with Crippen LogP contribution in [0.15, 0.2) is 28.9 Å². The van der Waals surface area contributed by atoms with Crippen molar-refractivity contribution < 1.29 is 14.3 Å². The molecule has 5 nitrogen and oxygen atoms in total. The standard InChI is InChI=1S/C15H16Cl2FN3O2/c1-15(18)7(4-5-8(16)13(15)21(2)3)10-6-9(19)11(17)12(20-10)14(22)23/h4-7H,1-3H3,(H2,19,20)(H,22,23). The van der Waals surface area contributed by atoms with Crippen LogP contribution in [0.3, 0.4) is 0 Å². The van der Waals surface area contributed by atoms with E-state index in [9.17, 15) is 9.90 Å². The van der Waals surface area contributed by atoms with Crippen molar-refractivity contribution >= 4 is 34.9 Å². The molecule has 0 amide bonds. The summed E-state index contributed by atoms with van der Waals surface area (Å²) in [6.07, 6.45) is 3.10. The van der Waals surface area contributed by atoms with Crippen LogP contribution in [0.25, 0.3) is 0 Å². The van der Waals surface area contributed by atoms with Crippen LogP contribution >= 0.6 is 23.2 Å². The number of nitrogen functional groups attached to an aromatic ring is 1. The Morgan fingerprint density at radius 2 is 2.09 bits per heavy atom. The highest BCUT2D eigenvalue weighted by Crippen LogP contribution is 2.45. The minimum Gasteiger partial charge on any atom is -0.476 e. The van der Waals surface area contributed by atoms with E-state index in [0.717, 1.165) is 0 Å². The second-order valence-corrected chi connectivity index (χ2v) is 6.39. The number of nitrogens with two attached hydrogens (primary N) is 1. The van der Waals surface area contributed by atoms with Crippen molar-refractivity contribution in [2.24, 2.45) is 0 Å². The highest BCUT2D eigenvalue weighted by Gasteiger charge is 2.43. The first-order valence-corrected chi connectivity index (χ1v) is 7.46. The van der Waals surface area contributed by atoms with Gasteiger partial charge in [-0.15, -0.1) is 0 Å². The number of aromatic carboxylic acids is 1. The molecule has 8 heteroatoms. The van der Waals surface area contributed by atoms with E-state index in [2.05, 4.69) is 4.98 Å². The summed E-state index contributed by atoms with van der Waals surface area (Å²) in [5, 5.41) is 9.28. The number of hydrogen-bond acceptors (Lipinski definition) is 4. The predicted molar refractivity (Wildman–Crippen MR) is 88.6 cm³/mol. The molecule has 0 aromatic carbocycles. The Balaban J connectivity index is 2.60. The number of carbonyl (C=O) groups is 1. The van der Waals surface area contributed by atoms with Crippen molar-refractivity contribution in [3.63, 3.8) is 0 Å². The molecule has 0 spiro atoms. The van der Waals surface area contributed by atoms with E-state index in [4.69, 9.17) is 28.9 Å². The van der Waals surface area contributed by atoms with Gasteiger partial charge in [0.25, 0.3) is 0 Å². The fourth-order valence-corrected chi connectivity index (χ4v) is 3.32. The fourth-order valence-electron chi connectivity index (χ4n) is 2.72. The SMILES string of the molecule is CN(C)C1=C(Cl)C=CC(c2cc(N)c(Cl)c(C(=O)O)n2)C1(C)F. The number of alkyl halides is 1. The average molecular weight is 360 g/mol. The van der Waals surface area contributed by atoms with Crippen molar-refractivity contribution in [2.45, 2.75) is 18.5 Å². The van der Waals surface area contributed by atoms with Gasteiger partial charge in [0, 0.05) is 14.1 Å². The van der Waals surface area contributed by atoms with Crippen LogP contribution in [0.2, 0.25) is 5.02 Å². The molecule has 23 heavy (non-hydrogen) atoms. The average Bonchev–Trinajstić information content (AvgIpc) is 2.40. The van der Waals surface area contributed by atoms with Gasteiger partial charge in [0.1, 0.15) is 0 Å². The van der Waals surface area contributed by atoms with Crippen LogP contribution in [0, 0.1) is 0 Å². The van der Waals surface area contributed by atoms with Crippen molar-refractivity contribution in [1.29, 1.82) is 0 Å². The molecule has 1 heterocycles. The summed E-state index contributed by atoms with van der Waals surface area (Å²) >= 11 is 12.0. The van der Waals surface area contributed by atoms with Crippen LogP contribution in [0.4, 0.5) is 10.1 Å². The first-order valence-electron chi connectivity index (χ1n) is 6.71. The molecular formula is C15H16Cl2FN3O2. The third-order valence-corrected chi connectivity index (χ3v) is 4.38. The van der Waals surface area contributed by atoms with Gasteiger partial charge in [-0.05, 0) is 19.1 Å². The maximum atomic E-state index is 15.5. The van der Waals surface area contributed by atoms with Gasteiger partial charge in [0.05, 0.1) is 33.1 Å². The summed E-state index contributed by atoms with van der Waals surface area (Å²) < 4.78 is 15.5. The molecule has 1 aliphatic rings. The minimum absolute atomic E-state index is 0.0327. The maximum absolute atomic E-state index is 15.5. The lowest BCUT2D eigenvalue weighted by Crippen LogP contribution is -2.38. The number of rotatable bonds is 3. The van der Waals surface area contributed by atoms with E-state index in [1.54, 1.807) is 25.1 Å². The van der Waals surface area contributed by atoms with E-state index in [-0.39, 0.29) is 27.1 Å². The lowest BCUT2D eigenvalue weighted by molar-refractivity contribution is 0.0689. The molecule has 0 fully saturated rings. The molecule has 1 aliphatic carbocycles. The summed E-state index contributed by atoms with van der Waals surface area (Å²) in [6, 6.07) is 1.38. The number of halogens is 3. The molecule has 0 saturated carbocycles. The smallest absolute Gasteiger partial charge is 0.356 e. The third kappa shape index (κ3) is 3.01.